The van der Waals surface area contributed by atoms with Crippen molar-refractivity contribution in [3.8, 4) is 11.3 Å². The highest BCUT2D eigenvalue weighted by Gasteiger charge is 2.41. The second-order valence-electron chi connectivity index (χ2n) is 8.78. The first-order valence-electron chi connectivity index (χ1n) is 11.9. The summed E-state index contributed by atoms with van der Waals surface area (Å²) in [5, 5.41) is 37.9. The van der Waals surface area contributed by atoms with Crippen LogP contribution in [0.2, 0.25) is 5.15 Å². The minimum Gasteiger partial charge on any atom is -0.454 e. The van der Waals surface area contributed by atoms with E-state index in [4.69, 9.17) is 16.0 Å². The fraction of sp³-hybridized carbons (Fsp3) is 0.542. The number of anilines is 2. The number of aliphatic hydroxyl groups is 3. The smallest absolute Gasteiger partial charge is 0.226 e. The van der Waals surface area contributed by atoms with Crippen molar-refractivity contribution in [3.63, 3.8) is 0 Å². The molecule has 1 fully saturated rings. The van der Waals surface area contributed by atoms with Gasteiger partial charge in [0, 0.05) is 30.1 Å². The lowest BCUT2D eigenvalue weighted by Gasteiger charge is -2.21. The van der Waals surface area contributed by atoms with Gasteiger partial charge in [0.05, 0.1) is 23.9 Å². The molecule has 0 aliphatic heterocycles. The number of aryl methyl sites for hydroxylation is 1. The summed E-state index contributed by atoms with van der Waals surface area (Å²) < 4.78 is 6.04. The second kappa shape index (κ2) is 10.9. The summed E-state index contributed by atoms with van der Waals surface area (Å²) in [6.45, 7) is 4.66. The molecule has 9 nitrogen and oxygen atoms in total. The summed E-state index contributed by atoms with van der Waals surface area (Å²) in [5.41, 5.74) is 2.03. The molecule has 0 bridgehead atoms. The van der Waals surface area contributed by atoms with Crippen molar-refractivity contribution in [2.24, 2.45) is 5.92 Å². The van der Waals surface area contributed by atoms with Gasteiger partial charge in [0.1, 0.15) is 22.8 Å². The number of aromatic nitrogens is 3. The van der Waals surface area contributed by atoms with Gasteiger partial charge < -0.3 is 30.4 Å². The van der Waals surface area contributed by atoms with Crippen molar-refractivity contribution in [2.45, 2.75) is 64.2 Å². The molecule has 3 aromatic rings. The Balaban J connectivity index is 1.71. The molecule has 0 unspecified atom stereocenters. The van der Waals surface area contributed by atoms with Crippen molar-refractivity contribution < 1.29 is 19.7 Å². The lowest BCUT2D eigenvalue weighted by Crippen LogP contribution is -2.35. The van der Waals surface area contributed by atoms with Gasteiger partial charge in [-0.1, -0.05) is 38.3 Å². The number of furan rings is 1. The molecule has 1 saturated carbocycles. The molecule has 4 rings (SSSR count). The summed E-state index contributed by atoms with van der Waals surface area (Å²) in [6.07, 6.45) is 3.94. The highest BCUT2D eigenvalue weighted by molar-refractivity contribution is 6.32. The number of halogens is 1. The fourth-order valence-electron chi connectivity index (χ4n) is 4.34. The van der Waals surface area contributed by atoms with Crippen LogP contribution in [0.4, 0.5) is 11.8 Å². The number of fused-ring (bicyclic) bond motifs is 1. The molecule has 0 saturated heterocycles. The van der Waals surface area contributed by atoms with Crippen LogP contribution in [0.25, 0.3) is 22.3 Å². The Kier molecular flexibility index (Phi) is 7.88. The van der Waals surface area contributed by atoms with Crippen LogP contribution in [-0.2, 0) is 6.42 Å². The maximum absolute atomic E-state index is 10.5. The van der Waals surface area contributed by atoms with Crippen molar-refractivity contribution in [3.05, 3.63) is 29.2 Å². The predicted molar refractivity (Wildman–Crippen MR) is 132 cm³/mol. The van der Waals surface area contributed by atoms with Crippen LogP contribution in [0.15, 0.2) is 22.7 Å². The third-order valence-corrected chi connectivity index (χ3v) is 6.63. The third kappa shape index (κ3) is 5.12. The Hall–Kier alpha value is -2.46. The Morgan fingerprint density at radius 3 is 2.68 bits per heavy atom. The maximum atomic E-state index is 10.5. The number of aliphatic hydroxyl groups excluding tert-OH is 3. The van der Waals surface area contributed by atoms with Gasteiger partial charge in [-0.25, -0.2) is 4.98 Å². The molecule has 0 amide bonds. The SMILES string of the molecule is CCCCCNc1nc(Cl)c(-c2cc3cc(CC)ncc3o2)c(N[C@@H]2C[C@H](CO)[C@@H](O)[C@H]2O)n1. The summed E-state index contributed by atoms with van der Waals surface area (Å²) in [7, 11) is 0. The van der Waals surface area contributed by atoms with Gasteiger partial charge in [-0.2, -0.15) is 4.98 Å². The zero-order valence-corrected chi connectivity index (χ0v) is 20.2. The van der Waals surface area contributed by atoms with E-state index in [1.165, 1.54) is 0 Å². The van der Waals surface area contributed by atoms with Crippen LogP contribution in [0, 0.1) is 5.92 Å². The van der Waals surface area contributed by atoms with Gasteiger partial charge in [-0.05, 0) is 31.4 Å². The number of unbranched alkanes of at least 4 members (excludes halogenated alkanes) is 2. The van der Waals surface area contributed by atoms with Gasteiger partial charge in [-0.3, -0.25) is 4.98 Å². The average molecular weight is 490 g/mol. The average Bonchev–Trinajstić information content (AvgIpc) is 3.36. The Bertz CT molecular complexity index is 1120. The van der Waals surface area contributed by atoms with Crippen LogP contribution >= 0.6 is 11.6 Å². The van der Waals surface area contributed by atoms with E-state index in [2.05, 4.69) is 32.5 Å². The first-order valence-corrected chi connectivity index (χ1v) is 12.3. The van der Waals surface area contributed by atoms with Gasteiger partial charge in [-0.15, -0.1) is 0 Å². The summed E-state index contributed by atoms with van der Waals surface area (Å²) in [6, 6.07) is 3.32. The monoisotopic (exact) mass is 489 g/mol. The number of nitrogens with zero attached hydrogens (tertiary/aromatic N) is 3. The lowest BCUT2D eigenvalue weighted by atomic mass is 10.1. The van der Waals surface area contributed by atoms with Gasteiger partial charge in [0.25, 0.3) is 0 Å². The highest BCUT2D eigenvalue weighted by Crippen LogP contribution is 2.39. The molecular weight excluding hydrogens is 458 g/mol. The van der Waals surface area contributed by atoms with E-state index in [1.807, 2.05) is 19.1 Å². The van der Waals surface area contributed by atoms with Crippen molar-refractivity contribution in [1.29, 1.82) is 0 Å². The number of nitrogens with one attached hydrogen (secondary N) is 2. The predicted octanol–water partition coefficient (Wildman–Crippen LogP) is 3.62. The molecule has 3 heterocycles. The maximum Gasteiger partial charge on any atom is 0.226 e. The largest absolute Gasteiger partial charge is 0.454 e. The minimum absolute atomic E-state index is 0.199. The third-order valence-electron chi connectivity index (χ3n) is 6.36. The van der Waals surface area contributed by atoms with Crippen LogP contribution < -0.4 is 10.6 Å². The molecule has 4 atom stereocenters. The quantitative estimate of drug-likeness (QED) is 0.213. The summed E-state index contributed by atoms with van der Waals surface area (Å²) in [4.78, 5) is 13.5. The molecule has 0 aromatic carbocycles. The molecule has 184 valence electrons. The molecule has 0 radical (unpaired) electrons. The molecule has 5 N–H and O–H groups in total. The zero-order valence-electron chi connectivity index (χ0n) is 19.5. The molecule has 34 heavy (non-hydrogen) atoms. The van der Waals surface area contributed by atoms with Gasteiger partial charge >= 0.3 is 0 Å². The van der Waals surface area contributed by atoms with Crippen LogP contribution in [0.3, 0.4) is 0 Å². The van der Waals surface area contributed by atoms with Crippen molar-refractivity contribution >= 4 is 34.3 Å². The molecule has 3 aromatic heterocycles. The van der Waals surface area contributed by atoms with Crippen molar-refractivity contribution in [2.75, 3.05) is 23.8 Å². The van der Waals surface area contributed by atoms with E-state index in [0.29, 0.717) is 41.6 Å². The van der Waals surface area contributed by atoms with Crippen molar-refractivity contribution in [1.82, 2.24) is 15.0 Å². The van der Waals surface area contributed by atoms with E-state index >= 15 is 0 Å². The number of rotatable bonds is 10. The van der Waals surface area contributed by atoms with Crippen LogP contribution in [0.1, 0.15) is 45.2 Å². The standard InChI is InChI=1S/C24H32ClN5O4/c1-3-5-6-7-26-24-29-22(25)19(17-10-13-8-15(4-2)27-11-18(13)34-17)23(30-24)28-16-9-14(12-31)20(32)21(16)33/h8,10-11,14,16,20-21,31-33H,3-7,9,12H2,1-2H3,(H2,26,28,29,30)/t14-,16-,20-,21+/m1/s1. The molecule has 1 aliphatic rings. The zero-order chi connectivity index (χ0) is 24.2. The van der Waals surface area contributed by atoms with E-state index in [1.54, 1.807) is 6.20 Å². The first-order chi connectivity index (χ1) is 16.4. The Morgan fingerprint density at radius 2 is 1.97 bits per heavy atom. The Labute approximate surface area is 203 Å². The fourth-order valence-corrected chi connectivity index (χ4v) is 4.61. The summed E-state index contributed by atoms with van der Waals surface area (Å²) in [5.74, 6) is 0.798. The number of pyridine rings is 1. The summed E-state index contributed by atoms with van der Waals surface area (Å²) >= 11 is 6.64. The topological polar surface area (TPSA) is 137 Å². The lowest BCUT2D eigenvalue weighted by molar-refractivity contribution is 0.00446. The number of hydrogen-bond donors (Lipinski definition) is 5. The van der Waals surface area contributed by atoms with Gasteiger partial charge in [0.2, 0.25) is 5.95 Å². The Morgan fingerprint density at radius 1 is 1.15 bits per heavy atom. The van der Waals surface area contributed by atoms with E-state index in [-0.39, 0.29) is 11.8 Å². The highest BCUT2D eigenvalue weighted by atomic mass is 35.5. The molecular formula is C24H32ClN5O4. The normalized spacial score (nSPS) is 22.4. The van der Waals surface area contributed by atoms with E-state index < -0.39 is 24.2 Å². The first kappa shape index (κ1) is 24.7. The van der Waals surface area contributed by atoms with Gasteiger partial charge in [0.15, 0.2) is 5.58 Å². The van der Waals surface area contributed by atoms with Crippen LogP contribution in [-0.4, -0.2) is 61.7 Å². The molecule has 0 spiro atoms. The number of hydrogen-bond acceptors (Lipinski definition) is 9. The second-order valence-corrected chi connectivity index (χ2v) is 9.14. The van der Waals surface area contributed by atoms with E-state index in [9.17, 15) is 15.3 Å². The minimum atomic E-state index is -1.06. The molecule has 1 aliphatic carbocycles. The molecule has 10 heteroatoms. The van der Waals surface area contributed by atoms with Crippen LogP contribution in [0.5, 0.6) is 0 Å². The van der Waals surface area contributed by atoms with E-state index in [0.717, 1.165) is 36.8 Å².